The normalized spacial score (nSPS) is 19.5. The highest BCUT2D eigenvalue weighted by molar-refractivity contribution is 6.34. The van der Waals surface area contributed by atoms with Gasteiger partial charge in [0.05, 0.1) is 10.6 Å². The highest BCUT2D eigenvalue weighted by Crippen LogP contribution is 2.28. The minimum atomic E-state index is -0.0127. The molecule has 1 aromatic carbocycles. The van der Waals surface area contributed by atoms with E-state index in [0.29, 0.717) is 22.3 Å². The van der Waals surface area contributed by atoms with Crippen LogP contribution in [0.2, 0.25) is 5.02 Å². The van der Waals surface area contributed by atoms with Crippen molar-refractivity contribution in [3.05, 3.63) is 28.8 Å². The number of amides is 1. The lowest BCUT2D eigenvalue weighted by Gasteiger charge is -2.36. The third kappa shape index (κ3) is 3.03. The molecule has 0 aromatic heterocycles. The molecule has 4 heteroatoms. The number of carbonyl (C=O) groups excluding carboxylic acids is 1. The van der Waals surface area contributed by atoms with Gasteiger partial charge in [0.25, 0.3) is 5.91 Å². The Morgan fingerprint density at radius 1 is 1.47 bits per heavy atom. The summed E-state index contributed by atoms with van der Waals surface area (Å²) in [6, 6.07) is 5.57. The van der Waals surface area contributed by atoms with Crippen LogP contribution in [0.4, 0.5) is 5.69 Å². The van der Waals surface area contributed by atoms with Gasteiger partial charge in [0.2, 0.25) is 0 Å². The molecule has 1 saturated heterocycles. The highest BCUT2D eigenvalue weighted by Gasteiger charge is 2.28. The maximum atomic E-state index is 12.7. The van der Waals surface area contributed by atoms with E-state index in [0.717, 1.165) is 32.2 Å². The Morgan fingerprint density at radius 2 is 2.26 bits per heavy atom. The molecular weight excluding hydrogens is 260 g/mol. The van der Waals surface area contributed by atoms with Gasteiger partial charge in [0.15, 0.2) is 0 Å². The molecule has 19 heavy (non-hydrogen) atoms. The first-order valence-corrected chi connectivity index (χ1v) is 7.38. The highest BCUT2D eigenvalue weighted by atomic mass is 35.5. The Labute approximate surface area is 119 Å². The first-order chi connectivity index (χ1) is 9.15. The number of carbonyl (C=O) groups is 1. The fourth-order valence-electron chi connectivity index (χ4n) is 2.81. The van der Waals surface area contributed by atoms with Gasteiger partial charge in [-0.25, -0.2) is 0 Å². The number of nitrogens with zero attached hydrogens (tertiary/aromatic N) is 1. The summed E-state index contributed by atoms with van der Waals surface area (Å²) in [5, 5.41) is 0.450. The molecule has 0 spiro atoms. The van der Waals surface area contributed by atoms with Crippen molar-refractivity contribution in [1.82, 2.24) is 4.90 Å². The molecule has 1 amide bonds. The van der Waals surface area contributed by atoms with Crippen molar-refractivity contribution in [3.8, 4) is 0 Å². The van der Waals surface area contributed by atoms with E-state index in [1.165, 1.54) is 6.42 Å². The lowest BCUT2D eigenvalue weighted by molar-refractivity contribution is 0.0602. The van der Waals surface area contributed by atoms with Gasteiger partial charge in [-0.1, -0.05) is 31.0 Å². The predicted octanol–water partition coefficient (Wildman–Crippen LogP) is 3.72. The van der Waals surface area contributed by atoms with Crippen LogP contribution in [0.3, 0.4) is 0 Å². The number of nitrogen functional groups attached to an aromatic ring is 1. The van der Waals surface area contributed by atoms with Gasteiger partial charge in [-0.3, -0.25) is 4.79 Å². The van der Waals surface area contributed by atoms with E-state index in [4.69, 9.17) is 17.3 Å². The zero-order valence-electron chi connectivity index (χ0n) is 11.4. The molecule has 1 aliphatic heterocycles. The Kier molecular flexibility index (Phi) is 4.70. The number of hydrogen-bond donors (Lipinski definition) is 1. The van der Waals surface area contributed by atoms with Gasteiger partial charge in [0.1, 0.15) is 0 Å². The Bertz CT molecular complexity index is 439. The number of rotatable bonds is 3. The summed E-state index contributed by atoms with van der Waals surface area (Å²) in [5.74, 6) is -0.0127. The molecule has 0 radical (unpaired) electrons. The second-order valence-corrected chi connectivity index (χ2v) is 5.55. The van der Waals surface area contributed by atoms with Gasteiger partial charge in [0, 0.05) is 18.3 Å². The zero-order chi connectivity index (χ0) is 13.8. The van der Waals surface area contributed by atoms with E-state index >= 15 is 0 Å². The van der Waals surface area contributed by atoms with Gasteiger partial charge in [-0.2, -0.15) is 0 Å². The van der Waals surface area contributed by atoms with Crippen LogP contribution in [0.25, 0.3) is 0 Å². The van der Waals surface area contributed by atoms with E-state index in [1.54, 1.807) is 18.2 Å². The molecule has 1 aliphatic rings. The monoisotopic (exact) mass is 280 g/mol. The third-order valence-electron chi connectivity index (χ3n) is 3.77. The minimum Gasteiger partial charge on any atom is -0.398 e. The van der Waals surface area contributed by atoms with Crippen molar-refractivity contribution in [2.24, 2.45) is 0 Å². The fraction of sp³-hybridized carbons (Fsp3) is 0.533. The van der Waals surface area contributed by atoms with Crippen LogP contribution < -0.4 is 5.73 Å². The number of anilines is 1. The van der Waals surface area contributed by atoms with Crippen molar-refractivity contribution >= 4 is 23.2 Å². The molecule has 1 aromatic rings. The van der Waals surface area contributed by atoms with E-state index in [1.807, 2.05) is 4.90 Å². The quantitative estimate of drug-likeness (QED) is 0.858. The molecule has 2 rings (SSSR count). The van der Waals surface area contributed by atoms with Crippen molar-refractivity contribution in [2.45, 2.75) is 45.1 Å². The molecule has 1 heterocycles. The molecular formula is C15H21ClN2O. The summed E-state index contributed by atoms with van der Waals surface area (Å²) in [5.41, 5.74) is 6.85. The Balaban J connectivity index is 2.26. The van der Waals surface area contributed by atoms with Crippen LogP contribution in [0, 0.1) is 0 Å². The predicted molar refractivity (Wildman–Crippen MR) is 79.4 cm³/mol. The third-order valence-corrected chi connectivity index (χ3v) is 4.08. The number of hydrogen-bond acceptors (Lipinski definition) is 2. The average Bonchev–Trinajstić information content (AvgIpc) is 2.39. The molecule has 0 aliphatic carbocycles. The van der Waals surface area contributed by atoms with Gasteiger partial charge in [-0.15, -0.1) is 0 Å². The van der Waals surface area contributed by atoms with Crippen molar-refractivity contribution in [1.29, 1.82) is 0 Å². The van der Waals surface area contributed by atoms with E-state index in [-0.39, 0.29) is 5.91 Å². The topological polar surface area (TPSA) is 46.3 Å². The first kappa shape index (κ1) is 14.2. The fourth-order valence-corrected chi connectivity index (χ4v) is 3.07. The van der Waals surface area contributed by atoms with Crippen molar-refractivity contribution in [3.63, 3.8) is 0 Å². The maximum Gasteiger partial charge on any atom is 0.257 e. The summed E-state index contributed by atoms with van der Waals surface area (Å²) in [6.07, 6.45) is 5.50. The molecule has 3 nitrogen and oxygen atoms in total. The van der Waals surface area contributed by atoms with E-state index < -0.39 is 0 Å². The lowest BCUT2D eigenvalue weighted by atomic mass is 9.97. The standard InChI is InChI=1S/C15H21ClN2O/c1-2-6-11-7-3-4-10-18(11)15(19)14-12(16)8-5-9-13(14)17/h5,8-9,11H,2-4,6-7,10,17H2,1H3. The molecule has 0 bridgehead atoms. The van der Waals surface area contributed by atoms with Crippen LogP contribution in [-0.4, -0.2) is 23.4 Å². The number of halogens is 1. The number of piperidine rings is 1. The number of nitrogens with two attached hydrogens (primary N) is 1. The van der Waals surface area contributed by atoms with Crippen molar-refractivity contribution < 1.29 is 4.79 Å². The van der Waals surface area contributed by atoms with Gasteiger partial charge >= 0.3 is 0 Å². The van der Waals surface area contributed by atoms with Gasteiger partial charge in [-0.05, 0) is 37.8 Å². The van der Waals surface area contributed by atoms with Crippen LogP contribution in [0.5, 0.6) is 0 Å². The molecule has 2 N–H and O–H groups in total. The molecule has 1 fully saturated rings. The summed E-state index contributed by atoms with van der Waals surface area (Å²) in [6.45, 7) is 2.97. The minimum absolute atomic E-state index is 0.0127. The SMILES string of the molecule is CCCC1CCCCN1C(=O)c1c(N)cccc1Cl. The van der Waals surface area contributed by atoms with Gasteiger partial charge < -0.3 is 10.6 Å². The second-order valence-electron chi connectivity index (χ2n) is 5.14. The molecule has 104 valence electrons. The summed E-state index contributed by atoms with van der Waals surface area (Å²) < 4.78 is 0. The lowest BCUT2D eigenvalue weighted by Crippen LogP contribution is -2.44. The van der Waals surface area contributed by atoms with Crippen LogP contribution in [0.1, 0.15) is 49.4 Å². The number of likely N-dealkylation sites (tertiary alicyclic amines) is 1. The maximum absolute atomic E-state index is 12.7. The Hall–Kier alpha value is -1.22. The Morgan fingerprint density at radius 3 is 2.95 bits per heavy atom. The summed E-state index contributed by atoms with van der Waals surface area (Å²) in [7, 11) is 0. The van der Waals surface area contributed by atoms with E-state index in [9.17, 15) is 4.79 Å². The molecule has 0 saturated carbocycles. The van der Waals surface area contributed by atoms with Crippen LogP contribution >= 0.6 is 11.6 Å². The van der Waals surface area contributed by atoms with Crippen molar-refractivity contribution in [2.75, 3.05) is 12.3 Å². The number of benzene rings is 1. The smallest absolute Gasteiger partial charge is 0.257 e. The molecule has 1 atom stereocenters. The first-order valence-electron chi connectivity index (χ1n) is 7.00. The van der Waals surface area contributed by atoms with E-state index in [2.05, 4.69) is 6.92 Å². The summed E-state index contributed by atoms with van der Waals surface area (Å²) in [4.78, 5) is 14.7. The largest absolute Gasteiger partial charge is 0.398 e. The zero-order valence-corrected chi connectivity index (χ0v) is 12.1. The average molecular weight is 281 g/mol. The summed E-state index contributed by atoms with van der Waals surface area (Å²) >= 11 is 6.14. The van der Waals surface area contributed by atoms with Crippen LogP contribution in [-0.2, 0) is 0 Å². The second kappa shape index (κ2) is 6.29. The molecule has 1 unspecified atom stereocenters. The van der Waals surface area contributed by atoms with Crippen LogP contribution in [0.15, 0.2) is 18.2 Å².